The molecule has 2 aliphatic heterocycles. The summed E-state index contributed by atoms with van der Waals surface area (Å²) in [6.45, 7) is 2.46. The Hall–Kier alpha value is -1.88. The first-order valence-electron chi connectivity index (χ1n) is 8.28. The third-order valence-corrected chi connectivity index (χ3v) is 5.56. The SMILES string of the molecule is CN1CC[C@@]2(c3ccccc3)CCN(C(=O)CCC(=O)O)C[C@H]12. The van der Waals surface area contributed by atoms with E-state index in [4.69, 9.17) is 5.11 Å². The molecule has 1 aromatic carbocycles. The zero-order valence-electron chi connectivity index (χ0n) is 13.6. The van der Waals surface area contributed by atoms with Crippen molar-refractivity contribution in [2.45, 2.75) is 37.1 Å². The van der Waals surface area contributed by atoms with Crippen molar-refractivity contribution in [3.8, 4) is 0 Å². The van der Waals surface area contributed by atoms with Gasteiger partial charge in [0.15, 0.2) is 0 Å². The number of aliphatic carboxylic acids is 1. The van der Waals surface area contributed by atoms with Crippen LogP contribution in [0.25, 0.3) is 0 Å². The Bertz CT molecular complexity index is 589. The summed E-state index contributed by atoms with van der Waals surface area (Å²) in [5.74, 6) is -0.943. The number of hydrogen-bond acceptors (Lipinski definition) is 3. The number of nitrogens with zero attached hydrogens (tertiary/aromatic N) is 2. The summed E-state index contributed by atoms with van der Waals surface area (Å²) in [4.78, 5) is 27.2. The molecule has 5 nitrogen and oxygen atoms in total. The Kier molecular flexibility index (Phi) is 4.39. The van der Waals surface area contributed by atoms with Crippen LogP contribution in [0.15, 0.2) is 30.3 Å². The summed E-state index contributed by atoms with van der Waals surface area (Å²) in [5, 5.41) is 8.76. The first-order valence-corrected chi connectivity index (χ1v) is 8.28. The third kappa shape index (κ3) is 2.98. The number of carbonyl (C=O) groups is 2. The maximum absolute atomic E-state index is 12.3. The van der Waals surface area contributed by atoms with E-state index < -0.39 is 5.97 Å². The number of likely N-dealkylation sites (N-methyl/N-ethyl adjacent to an activating group) is 1. The predicted octanol–water partition coefficient (Wildman–Crippen LogP) is 1.73. The van der Waals surface area contributed by atoms with Gasteiger partial charge in [-0.2, -0.15) is 0 Å². The number of amides is 1. The van der Waals surface area contributed by atoms with Crippen LogP contribution in [0.5, 0.6) is 0 Å². The van der Waals surface area contributed by atoms with Gasteiger partial charge in [0.05, 0.1) is 6.42 Å². The van der Waals surface area contributed by atoms with Crippen LogP contribution in [0.3, 0.4) is 0 Å². The predicted molar refractivity (Wildman–Crippen MR) is 87.2 cm³/mol. The number of fused-ring (bicyclic) bond motifs is 1. The number of carboxylic acids is 1. The summed E-state index contributed by atoms with van der Waals surface area (Å²) in [6, 6.07) is 10.9. The number of carboxylic acid groups (broad SMARTS) is 1. The molecule has 0 radical (unpaired) electrons. The van der Waals surface area contributed by atoms with E-state index in [1.807, 2.05) is 11.0 Å². The minimum Gasteiger partial charge on any atom is -0.481 e. The van der Waals surface area contributed by atoms with Crippen LogP contribution in [-0.2, 0) is 15.0 Å². The van der Waals surface area contributed by atoms with Crippen LogP contribution in [0.4, 0.5) is 0 Å². The second-order valence-corrected chi connectivity index (χ2v) is 6.75. The molecule has 1 amide bonds. The molecule has 0 aromatic heterocycles. The number of benzene rings is 1. The summed E-state index contributed by atoms with van der Waals surface area (Å²) in [5.41, 5.74) is 1.49. The summed E-state index contributed by atoms with van der Waals surface area (Å²) >= 11 is 0. The highest BCUT2D eigenvalue weighted by Gasteiger charge is 2.50. The van der Waals surface area contributed by atoms with E-state index in [0.717, 1.165) is 25.9 Å². The Morgan fingerprint density at radius 2 is 1.87 bits per heavy atom. The van der Waals surface area contributed by atoms with Crippen molar-refractivity contribution < 1.29 is 14.7 Å². The third-order valence-electron chi connectivity index (χ3n) is 5.56. The van der Waals surface area contributed by atoms with E-state index in [0.29, 0.717) is 12.6 Å². The first kappa shape index (κ1) is 16.0. The molecule has 0 bridgehead atoms. The lowest BCUT2D eigenvalue weighted by molar-refractivity contribution is -0.141. The average Bonchev–Trinajstić information content (AvgIpc) is 2.91. The molecule has 2 fully saturated rings. The van der Waals surface area contributed by atoms with E-state index in [9.17, 15) is 9.59 Å². The van der Waals surface area contributed by atoms with Gasteiger partial charge in [0.2, 0.25) is 5.91 Å². The largest absolute Gasteiger partial charge is 0.481 e. The minimum atomic E-state index is -0.910. The quantitative estimate of drug-likeness (QED) is 0.919. The van der Waals surface area contributed by atoms with Gasteiger partial charge in [0.25, 0.3) is 0 Å². The molecule has 0 saturated carbocycles. The van der Waals surface area contributed by atoms with Gasteiger partial charge in [-0.1, -0.05) is 30.3 Å². The fraction of sp³-hybridized carbons (Fsp3) is 0.556. The number of hydrogen-bond donors (Lipinski definition) is 1. The van der Waals surface area contributed by atoms with Gasteiger partial charge in [-0.25, -0.2) is 0 Å². The summed E-state index contributed by atoms with van der Waals surface area (Å²) < 4.78 is 0. The maximum atomic E-state index is 12.3. The Balaban J connectivity index is 1.77. The van der Waals surface area contributed by atoms with Gasteiger partial charge >= 0.3 is 5.97 Å². The Morgan fingerprint density at radius 1 is 1.17 bits per heavy atom. The number of piperidine rings is 1. The summed E-state index contributed by atoms with van der Waals surface area (Å²) in [6.07, 6.45) is 2.09. The lowest BCUT2D eigenvalue weighted by Crippen LogP contribution is -2.56. The lowest BCUT2D eigenvalue weighted by Gasteiger charge is -2.46. The van der Waals surface area contributed by atoms with Crippen LogP contribution >= 0.6 is 0 Å². The summed E-state index contributed by atoms with van der Waals surface area (Å²) in [7, 11) is 2.13. The smallest absolute Gasteiger partial charge is 0.303 e. The van der Waals surface area contributed by atoms with Crippen LogP contribution in [0.1, 0.15) is 31.2 Å². The van der Waals surface area contributed by atoms with E-state index in [2.05, 4.69) is 36.2 Å². The standard InChI is InChI=1S/C18H24N2O3/c1-19-11-9-18(14-5-3-2-4-6-14)10-12-20(13-15(18)19)16(21)7-8-17(22)23/h2-6,15H,7-13H2,1H3,(H,22,23)/t15-,18-/m0/s1. The van der Waals surface area contributed by atoms with E-state index in [1.54, 1.807) is 0 Å². The molecular weight excluding hydrogens is 292 g/mol. The Morgan fingerprint density at radius 3 is 2.57 bits per heavy atom. The average molecular weight is 316 g/mol. The molecule has 124 valence electrons. The molecule has 2 aliphatic rings. The van der Waals surface area contributed by atoms with Gasteiger partial charge in [-0.15, -0.1) is 0 Å². The second-order valence-electron chi connectivity index (χ2n) is 6.75. The topological polar surface area (TPSA) is 60.9 Å². The molecule has 1 N–H and O–H groups in total. The van der Waals surface area contributed by atoms with Crippen LogP contribution in [0.2, 0.25) is 0 Å². The zero-order valence-corrected chi connectivity index (χ0v) is 13.6. The highest BCUT2D eigenvalue weighted by Crippen LogP contribution is 2.45. The van der Waals surface area contributed by atoms with Gasteiger partial charge in [-0.05, 0) is 32.0 Å². The van der Waals surface area contributed by atoms with Crippen molar-refractivity contribution in [1.82, 2.24) is 9.80 Å². The lowest BCUT2D eigenvalue weighted by atomic mass is 9.69. The number of carbonyl (C=O) groups excluding carboxylic acids is 1. The number of rotatable bonds is 4. The molecular formula is C18H24N2O3. The molecule has 0 spiro atoms. The van der Waals surface area contributed by atoms with Crippen molar-refractivity contribution in [2.24, 2.45) is 0 Å². The molecule has 2 heterocycles. The van der Waals surface area contributed by atoms with Gasteiger partial charge < -0.3 is 14.9 Å². The van der Waals surface area contributed by atoms with Crippen molar-refractivity contribution >= 4 is 11.9 Å². The minimum absolute atomic E-state index is 0.0330. The zero-order chi connectivity index (χ0) is 16.4. The number of likely N-dealkylation sites (tertiary alicyclic amines) is 2. The van der Waals surface area contributed by atoms with Crippen molar-refractivity contribution in [3.05, 3.63) is 35.9 Å². The fourth-order valence-electron chi connectivity index (χ4n) is 4.21. The molecule has 0 unspecified atom stereocenters. The van der Waals surface area contributed by atoms with Crippen molar-refractivity contribution in [2.75, 3.05) is 26.7 Å². The van der Waals surface area contributed by atoms with Crippen LogP contribution in [0, 0.1) is 0 Å². The molecule has 3 rings (SSSR count). The van der Waals surface area contributed by atoms with Crippen molar-refractivity contribution in [1.29, 1.82) is 0 Å². The molecule has 5 heteroatoms. The molecule has 2 atom stereocenters. The normalized spacial score (nSPS) is 27.7. The first-order chi connectivity index (χ1) is 11.0. The van der Waals surface area contributed by atoms with Crippen LogP contribution in [-0.4, -0.2) is 59.5 Å². The van der Waals surface area contributed by atoms with Gasteiger partial charge in [0, 0.05) is 31.0 Å². The highest BCUT2D eigenvalue weighted by molar-refractivity contribution is 5.81. The fourth-order valence-corrected chi connectivity index (χ4v) is 4.21. The Labute approximate surface area is 136 Å². The van der Waals surface area contributed by atoms with Gasteiger partial charge in [-0.3, -0.25) is 9.59 Å². The molecule has 2 saturated heterocycles. The van der Waals surface area contributed by atoms with E-state index in [-0.39, 0.29) is 24.2 Å². The monoisotopic (exact) mass is 316 g/mol. The second kappa shape index (κ2) is 6.32. The van der Waals surface area contributed by atoms with Crippen LogP contribution < -0.4 is 0 Å². The van der Waals surface area contributed by atoms with Gasteiger partial charge in [0.1, 0.15) is 0 Å². The van der Waals surface area contributed by atoms with E-state index in [1.165, 1.54) is 5.56 Å². The highest BCUT2D eigenvalue weighted by atomic mass is 16.4. The van der Waals surface area contributed by atoms with Crippen molar-refractivity contribution in [3.63, 3.8) is 0 Å². The van der Waals surface area contributed by atoms with E-state index >= 15 is 0 Å². The molecule has 0 aliphatic carbocycles. The molecule has 1 aromatic rings. The molecule has 23 heavy (non-hydrogen) atoms. The maximum Gasteiger partial charge on any atom is 0.303 e.